The molecule has 0 fully saturated rings. The van der Waals surface area contributed by atoms with Crippen LogP contribution in [0.25, 0.3) is 0 Å². The van der Waals surface area contributed by atoms with Gasteiger partial charge in [-0.15, -0.1) is 0 Å². The highest BCUT2D eigenvalue weighted by molar-refractivity contribution is 9.10. The largest absolute Gasteiger partial charge is 0.497 e. The van der Waals surface area contributed by atoms with Crippen molar-refractivity contribution in [3.8, 4) is 11.6 Å². The fourth-order valence-electron chi connectivity index (χ4n) is 2.08. The Hall–Kier alpha value is -2.08. The molecule has 0 spiro atoms. The van der Waals surface area contributed by atoms with Crippen LogP contribution in [-0.2, 0) is 6.42 Å². The molecular weight excluding hydrogens is 382 g/mol. The molecule has 0 bridgehead atoms. The van der Waals surface area contributed by atoms with Crippen molar-refractivity contribution in [2.45, 2.75) is 20.3 Å². The van der Waals surface area contributed by atoms with Gasteiger partial charge >= 0.3 is 0 Å². The van der Waals surface area contributed by atoms with Crippen molar-refractivity contribution < 1.29 is 9.47 Å². The molecule has 5 nitrogen and oxygen atoms in total. The number of nitrogens with zero attached hydrogens (tertiary/aromatic N) is 3. The summed E-state index contributed by atoms with van der Waals surface area (Å²) in [4.78, 5) is 11.0. The van der Waals surface area contributed by atoms with Crippen molar-refractivity contribution in [2.75, 3.05) is 27.3 Å². The predicted molar refractivity (Wildman–Crippen MR) is 105 cm³/mol. The number of aliphatic imine (C=N–C) groups is 1. The molecule has 134 valence electrons. The first kappa shape index (κ1) is 19.2. The minimum absolute atomic E-state index is 0.554. The van der Waals surface area contributed by atoms with Gasteiger partial charge in [-0.2, -0.15) is 0 Å². The highest BCUT2D eigenvalue weighted by Crippen LogP contribution is 2.29. The number of ether oxygens (including phenoxy) is 2. The molecule has 0 unspecified atom stereocenters. The van der Waals surface area contributed by atoms with Crippen molar-refractivity contribution in [1.29, 1.82) is 0 Å². The number of halogens is 1. The lowest BCUT2D eigenvalue weighted by Gasteiger charge is -2.11. The van der Waals surface area contributed by atoms with Crippen molar-refractivity contribution in [3.63, 3.8) is 0 Å². The summed E-state index contributed by atoms with van der Waals surface area (Å²) in [6, 6.07) is 9.92. The van der Waals surface area contributed by atoms with E-state index in [1.54, 1.807) is 13.4 Å². The van der Waals surface area contributed by atoms with Gasteiger partial charge in [-0.3, -0.25) is 0 Å². The molecule has 0 aliphatic heterocycles. The molecule has 1 aromatic carbocycles. The average Bonchev–Trinajstić information content (AvgIpc) is 2.63. The Bertz CT molecular complexity index is 717. The van der Waals surface area contributed by atoms with Gasteiger partial charge in [-0.25, -0.2) is 9.98 Å². The van der Waals surface area contributed by atoms with Crippen LogP contribution in [0.1, 0.15) is 18.2 Å². The Labute approximate surface area is 157 Å². The van der Waals surface area contributed by atoms with Gasteiger partial charge in [0.2, 0.25) is 5.88 Å². The molecule has 2 aromatic rings. The topological polar surface area (TPSA) is 47.0 Å². The Morgan fingerprint density at radius 3 is 2.64 bits per heavy atom. The zero-order valence-corrected chi connectivity index (χ0v) is 16.7. The summed E-state index contributed by atoms with van der Waals surface area (Å²) in [6.07, 6.45) is 2.61. The Morgan fingerprint density at radius 2 is 2.00 bits per heavy atom. The number of pyridine rings is 1. The third-order valence-electron chi connectivity index (χ3n) is 3.79. The van der Waals surface area contributed by atoms with Crippen molar-refractivity contribution >= 4 is 28.0 Å². The zero-order valence-electron chi connectivity index (χ0n) is 15.1. The van der Waals surface area contributed by atoms with Crippen molar-refractivity contribution in [1.82, 2.24) is 9.88 Å². The SMILES string of the molecule is CCN(C)/C=N/c1cc(Br)c(OCCc2ccc(OC)cc2)nc1C. The van der Waals surface area contributed by atoms with Crippen molar-refractivity contribution in [3.05, 3.63) is 46.1 Å². The van der Waals surface area contributed by atoms with E-state index in [2.05, 4.69) is 32.8 Å². The van der Waals surface area contributed by atoms with E-state index in [4.69, 9.17) is 9.47 Å². The van der Waals surface area contributed by atoms with E-state index < -0.39 is 0 Å². The quantitative estimate of drug-likeness (QED) is 0.482. The maximum Gasteiger partial charge on any atom is 0.228 e. The van der Waals surface area contributed by atoms with E-state index >= 15 is 0 Å². The minimum atomic E-state index is 0.554. The number of methoxy groups -OCH3 is 1. The molecule has 6 heteroatoms. The Kier molecular flexibility index (Phi) is 7.25. The fraction of sp³-hybridized carbons (Fsp3) is 0.368. The van der Waals surface area contributed by atoms with E-state index in [1.807, 2.05) is 49.2 Å². The highest BCUT2D eigenvalue weighted by Gasteiger charge is 2.08. The summed E-state index contributed by atoms with van der Waals surface area (Å²) < 4.78 is 11.8. The van der Waals surface area contributed by atoms with Crippen LogP contribution in [0.2, 0.25) is 0 Å². The van der Waals surface area contributed by atoms with Gasteiger partial charge in [-0.05, 0) is 53.5 Å². The number of benzene rings is 1. The van der Waals surface area contributed by atoms with Crippen LogP contribution in [0.4, 0.5) is 5.69 Å². The molecule has 0 saturated heterocycles. The zero-order chi connectivity index (χ0) is 18.2. The standard InChI is InChI=1S/C19H24BrN3O2/c1-5-23(3)13-21-18-12-17(20)19(22-14(18)2)25-11-10-15-6-8-16(24-4)9-7-15/h6-9,12-13H,5,10-11H2,1-4H3/b21-13+. The van der Waals surface area contributed by atoms with Gasteiger partial charge < -0.3 is 14.4 Å². The summed E-state index contributed by atoms with van der Waals surface area (Å²) in [7, 11) is 3.65. The highest BCUT2D eigenvalue weighted by atomic mass is 79.9. The monoisotopic (exact) mass is 405 g/mol. The molecule has 2 rings (SSSR count). The van der Waals surface area contributed by atoms with Gasteiger partial charge in [0.25, 0.3) is 0 Å². The minimum Gasteiger partial charge on any atom is -0.497 e. The first-order valence-electron chi connectivity index (χ1n) is 8.20. The molecule has 0 saturated carbocycles. The maximum absolute atomic E-state index is 5.83. The predicted octanol–water partition coefficient (Wildman–Crippen LogP) is 4.39. The third-order valence-corrected chi connectivity index (χ3v) is 4.36. The normalized spacial score (nSPS) is 10.9. The number of hydrogen-bond donors (Lipinski definition) is 0. The summed E-state index contributed by atoms with van der Waals surface area (Å²) >= 11 is 3.52. The molecule has 0 N–H and O–H groups in total. The molecule has 0 radical (unpaired) electrons. The second kappa shape index (κ2) is 9.42. The first-order chi connectivity index (χ1) is 12.0. The van der Waals surface area contributed by atoms with Crippen LogP contribution in [-0.4, -0.2) is 43.5 Å². The van der Waals surface area contributed by atoms with Crippen LogP contribution < -0.4 is 9.47 Å². The number of aryl methyl sites for hydroxylation is 1. The lowest BCUT2D eigenvalue weighted by Crippen LogP contribution is -2.14. The molecule has 0 amide bonds. The lowest BCUT2D eigenvalue weighted by atomic mass is 10.1. The van der Waals surface area contributed by atoms with Crippen LogP contribution >= 0.6 is 15.9 Å². The Balaban J connectivity index is 1.97. The van der Waals surface area contributed by atoms with E-state index in [-0.39, 0.29) is 0 Å². The maximum atomic E-state index is 5.83. The molecule has 25 heavy (non-hydrogen) atoms. The van der Waals surface area contributed by atoms with Gasteiger partial charge in [0, 0.05) is 20.0 Å². The van der Waals surface area contributed by atoms with Crippen LogP contribution in [0.15, 0.2) is 39.8 Å². The first-order valence-corrected chi connectivity index (χ1v) is 9.00. The molecule has 1 aromatic heterocycles. The third kappa shape index (κ3) is 5.74. The second-order valence-corrected chi connectivity index (χ2v) is 6.50. The number of aromatic nitrogens is 1. The van der Waals surface area contributed by atoms with Gasteiger partial charge in [-0.1, -0.05) is 12.1 Å². The van der Waals surface area contributed by atoms with Gasteiger partial charge in [0.1, 0.15) is 5.75 Å². The summed E-state index contributed by atoms with van der Waals surface area (Å²) in [5, 5.41) is 0. The molecule has 1 heterocycles. The molecule has 0 aliphatic carbocycles. The Morgan fingerprint density at radius 1 is 1.28 bits per heavy atom. The van der Waals surface area contributed by atoms with E-state index in [0.29, 0.717) is 12.5 Å². The molecule has 0 aliphatic rings. The molecular formula is C19H24BrN3O2. The summed E-state index contributed by atoms with van der Waals surface area (Å²) in [6.45, 7) is 5.47. The fourth-order valence-corrected chi connectivity index (χ4v) is 2.50. The van der Waals surface area contributed by atoms with Crippen LogP contribution in [0.3, 0.4) is 0 Å². The van der Waals surface area contributed by atoms with E-state index in [1.165, 1.54) is 5.56 Å². The van der Waals surface area contributed by atoms with Crippen LogP contribution in [0, 0.1) is 6.92 Å². The average molecular weight is 406 g/mol. The lowest BCUT2D eigenvalue weighted by molar-refractivity contribution is 0.307. The smallest absolute Gasteiger partial charge is 0.228 e. The summed E-state index contributed by atoms with van der Waals surface area (Å²) in [5.41, 5.74) is 2.86. The summed E-state index contributed by atoms with van der Waals surface area (Å²) in [5.74, 6) is 1.45. The molecule has 0 atom stereocenters. The number of hydrogen-bond acceptors (Lipinski definition) is 4. The van der Waals surface area contributed by atoms with Crippen LogP contribution in [0.5, 0.6) is 11.6 Å². The van der Waals surface area contributed by atoms with Gasteiger partial charge in [0.05, 0.1) is 35.9 Å². The van der Waals surface area contributed by atoms with E-state index in [9.17, 15) is 0 Å². The second-order valence-electron chi connectivity index (χ2n) is 5.64. The van der Waals surface area contributed by atoms with Crippen molar-refractivity contribution in [2.24, 2.45) is 4.99 Å². The van der Waals surface area contributed by atoms with E-state index in [0.717, 1.165) is 34.6 Å². The number of rotatable bonds is 8. The van der Waals surface area contributed by atoms with Gasteiger partial charge in [0.15, 0.2) is 0 Å².